The van der Waals surface area contributed by atoms with E-state index in [1.807, 2.05) is 12.3 Å². The highest BCUT2D eigenvalue weighted by Crippen LogP contribution is 2.38. The largest absolute Gasteiger partial charge is 0.394 e. The maximum atomic E-state index is 13.7. The summed E-state index contributed by atoms with van der Waals surface area (Å²) in [7, 11) is 0. The molecule has 0 fully saturated rings. The second-order valence-corrected chi connectivity index (χ2v) is 10.2. The molecule has 0 spiro atoms. The number of aromatic nitrogens is 1. The number of aliphatic hydroxyl groups is 1. The van der Waals surface area contributed by atoms with E-state index in [1.54, 1.807) is 22.5 Å². The average molecular weight is 581 g/mol. The third-order valence-electron chi connectivity index (χ3n) is 5.87. The average Bonchev–Trinajstić information content (AvgIpc) is 3.60. The van der Waals surface area contributed by atoms with Crippen molar-refractivity contribution in [2.24, 2.45) is 0 Å². The van der Waals surface area contributed by atoms with Crippen LogP contribution in [0.2, 0.25) is 10.0 Å². The quantitative estimate of drug-likeness (QED) is 0.182. The zero-order chi connectivity index (χ0) is 27.5. The SMILES string of the molecule is N#Cc1csc([C@H](Nc2cc(Cl)c3ncc(C#N)c(Nc4ccc(F)c(Cl)c4)c3c2)C2=CN(CCO)NN2)c1. The van der Waals surface area contributed by atoms with Gasteiger partial charge in [0.1, 0.15) is 24.0 Å². The number of nitriles is 2. The normalized spacial score (nSPS) is 13.4. The lowest BCUT2D eigenvalue weighted by Gasteiger charge is -2.21. The van der Waals surface area contributed by atoms with E-state index in [0.717, 1.165) is 10.6 Å². The van der Waals surface area contributed by atoms with Crippen molar-refractivity contribution in [3.8, 4) is 12.1 Å². The molecule has 1 aliphatic heterocycles. The summed E-state index contributed by atoms with van der Waals surface area (Å²) in [5.41, 5.74) is 9.61. The Labute approximate surface area is 236 Å². The molecule has 0 bridgehead atoms. The van der Waals surface area contributed by atoms with Gasteiger partial charge in [-0.15, -0.1) is 16.9 Å². The van der Waals surface area contributed by atoms with Gasteiger partial charge in [-0.25, -0.2) is 4.39 Å². The number of hydrazine groups is 2. The summed E-state index contributed by atoms with van der Waals surface area (Å²) in [6.45, 7) is 0.321. The highest BCUT2D eigenvalue weighted by molar-refractivity contribution is 7.10. The van der Waals surface area contributed by atoms with E-state index in [2.05, 4.69) is 38.7 Å². The van der Waals surface area contributed by atoms with Crippen molar-refractivity contribution in [3.05, 3.63) is 91.7 Å². The first-order valence-corrected chi connectivity index (χ1v) is 13.1. The minimum absolute atomic E-state index is 0.0440. The van der Waals surface area contributed by atoms with Crippen LogP contribution in [0.1, 0.15) is 22.0 Å². The lowest BCUT2D eigenvalue weighted by atomic mass is 10.1. The number of β-amino-alcohol motifs (C(OH)–C–C–N with tert-alkyl or cyclic N) is 1. The number of hydrogen-bond donors (Lipinski definition) is 5. The Morgan fingerprint density at radius 1 is 1.13 bits per heavy atom. The molecule has 196 valence electrons. The zero-order valence-electron chi connectivity index (χ0n) is 20.0. The monoisotopic (exact) mass is 580 g/mol. The molecule has 0 unspecified atom stereocenters. The van der Waals surface area contributed by atoms with E-state index in [0.29, 0.717) is 45.1 Å². The predicted octanol–water partition coefficient (Wildman–Crippen LogP) is 5.54. The molecule has 2 aromatic carbocycles. The van der Waals surface area contributed by atoms with Crippen molar-refractivity contribution < 1.29 is 9.50 Å². The fourth-order valence-corrected chi connectivity index (χ4v) is 5.41. The summed E-state index contributed by atoms with van der Waals surface area (Å²) in [6.07, 6.45) is 3.24. The van der Waals surface area contributed by atoms with E-state index in [-0.39, 0.29) is 17.2 Å². The van der Waals surface area contributed by atoms with Gasteiger partial charge >= 0.3 is 0 Å². The second-order valence-electron chi connectivity index (χ2n) is 8.43. The van der Waals surface area contributed by atoms with Crippen molar-refractivity contribution in [3.63, 3.8) is 0 Å². The molecule has 1 atom stereocenters. The van der Waals surface area contributed by atoms with Crippen LogP contribution in [0.15, 0.2) is 59.9 Å². The second kappa shape index (κ2) is 11.3. The Kier molecular flexibility index (Phi) is 7.70. The zero-order valence-corrected chi connectivity index (χ0v) is 22.3. The van der Waals surface area contributed by atoms with Gasteiger partial charge in [0.2, 0.25) is 0 Å². The van der Waals surface area contributed by atoms with Crippen LogP contribution in [0.5, 0.6) is 0 Å². The number of aliphatic hydroxyl groups excluding tert-OH is 1. The van der Waals surface area contributed by atoms with Crippen LogP contribution in [0.4, 0.5) is 21.5 Å². The van der Waals surface area contributed by atoms with Crippen molar-refractivity contribution in [2.45, 2.75) is 6.04 Å². The number of pyridine rings is 1. The smallest absolute Gasteiger partial charge is 0.141 e. The summed E-state index contributed by atoms with van der Waals surface area (Å²) in [4.78, 5) is 5.24. The van der Waals surface area contributed by atoms with Crippen LogP contribution in [-0.2, 0) is 0 Å². The van der Waals surface area contributed by atoms with Gasteiger partial charge in [-0.3, -0.25) is 9.99 Å². The third-order valence-corrected chi connectivity index (χ3v) is 7.44. The van der Waals surface area contributed by atoms with Crippen LogP contribution < -0.4 is 21.6 Å². The molecule has 0 radical (unpaired) electrons. The number of rotatable bonds is 8. The topological polar surface area (TPSA) is 132 Å². The molecule has 39 heavy (non-hydrogen) atoms. The number of fused-ring (bicyclic) bond motifs is 1. The van der Waals surface area contributed by atoms with Crippen LogP contribution in [-0.4, -0.2) is 28.3 Å². The van der Waals surface area contributed by atoms with Gasteiger partial charge < -0.3 is 21.2 Å². The van der Waals surface area contributed by atoms with Crippen molar-refractivity contribution in [1.29, 1.82) is 10.5 Å². The number of anilines is 3. The molecule has 9 nitrogen and oxygen atoms in total. The van der Waals surface area contributed by atoms with Gasteiger partial charge in [0.05, 0.1) is 51.2 Å². The predicted molar refractivity (Wildman–Crippen MR) is 150 cm³/mol. The minimum Gasteiger partial charge on any atom is -0.394 e. The number of benzene rings is 2. The van der Waals surface area contributed by atoms with Crippen LogP contribution in [0.3, 0.4) is 0 Å². The van der Waals surface area contributed by atoms with Gasteiger partial charge in [-0.2, -0.15) is 10.5 Å². The number of nitrogens with one attached hydrogen (secondary N) is 4. The molecular weight excluding hydrogens is 562 g/mol. The van der Waals surface area contributed by atoms with E-state index >= 15 is 0 Å². The standard InChI is InChI=1S/C26H19Cl2FN8OS/c27-19-7-16(1-2-21(19)29)33-24-15(10-31)11-32-25-18(24)6-17(8-20(25)28)34-26(23-5-14(9-30)13-39-23)22-12-37(3-4-38)36-35-22/h1-2,5-8,11-13,26,34-36,38H,3-4H2,(H,32,33)/t26-/m1/s1. The Morgan fingerprint density at radius 2 is 1.95 bits per heavy atom. The summed E-state index contributed by atoms with van der Waals surface area (Å²) in [6, 6.07) is 13.4. The maximum absolute atomic E-state index is 13.7. The molecule has 0 aliphatic carbocycles. The summed E-state index contributed by atoms with van der Waals surface area (Å²) in [5.74, 6) is -0.558. The minimum atomic E-state index is -0.558. The lowest BCUT2D eigenvalue weighted by Crippen LogP contribution is -2.38. The molecule has 0 saturated carbocycles. The highest BCUT2D eigenvalue weighted by atomic mass is 35.5. The maximum Gasteiger partial charge on any atom is 0.141 e. The van der Waals surface area contributed by atoms with Crippen molar-refractivity contribution in [1.82, 2.24) is 21.0 Å². The first-order valence-electron chi connectivity index (χ1n) is 11.5. The van der Waals surface area contributed by atoms with Gasteiger partial charge in [0.15, 0.2) is 0 Å². The molecule has 13 heteroatoms. The fraction of sp³-hybridized carbons (Fsp3) is 0.115. The Balaban J connectivity index is 1.58. The van der Waals surface area contributed by atoms with E-state index in [9.17, 15) is 20.0 Å². The summed E-state index contributed by atoms with van der Waals surface area (Å²) >= 11 is 14.0. The first-order chi connectivity index (χ1) is 18.9. The number of nitrogens with zero attached hydrogens (tertiary/aromatic N) is 4. The van der Waals surface area contributed by atoms with Gasteiger partial charge in [-0.05, 0) is 36.4 Å². The summed E-state index contributed by atoms with van der Waals surface area (Å²) in [5, 5.41) is 39.4. The molecular formula is C26H19Cl2FN8OS. The Hall–Kier alpha value is -4.10. The van der Waals surface area contributed by atoms with Crippen molar-refractivity contribution >= 4 is 62.5 Å². The highest BCUT2D eigenvalue weighted by Gasteiger charge is 2.24. The summed E-state index contributed by atoms with van der Waals surface area (Å²) < 4.78 is 13.7. The Bertz CT molecular complexity index is 1680. The van der Waals surface area contributed by atoms with Crippen LogP contribution in [0.25, 0.3) is 10.9 Å². The van der Waals surface area contributed by atoms with E-state index in [1.165, 1.54) is 35.7 Å². The molecule has 0 saturated heterocycles. The Morgan fingerprint density at radius 3 is 2.67 bits per heavy atom. The van der Waals surface area contributed by atoms with Gasteiger partial charge in [0.25, 0.3) is 0 Å². The van der Waals surface area contributed by atoms with Gasteiger partial charge in [-0.1, -0.05) is 23.2 Å². The number of halogens is 3. The molecule has 4 aromatic rings. The van der Waals surface area contributed by atoms with E-state index in [4.69, 9.17) is 23.2 Å². The fourth-order valence-electron chi connectivity index (χ4n) is 4.06. The van der Waals surface area contributed by atoms with Crippen molar-refractivity contribution in [2.75, 3.05) is 23.8 Å². The van der Waals surface area contributed by atoms with Gasteiger partial charge in [0, 0.05) is 39.4 Å². The van der Waals surface area contributed by atoms with E-state index < -0.39 is 11.9 Å². The molecule has 5 N–H and O–H groups in total. The molecule has 3 heterocycles. The third kappa shape index (κ3) is 5.54. The van der Waals surface area contributed by atoms with Crippen LogP contribution >= 0.6 is 34.5 Å². The number of hydrogen-bond acceptors (Lipinski definition) is 10. The first kappa shape index (κ1) is 26.5. The molecule has 5 rings (SSSR count). The lowest BCUT2D eigenvalue weighted by molar-refractivity contribution is 0.195. The van der Waals surface area contributed by atoms with Crippen LogP contribution in [0, 0.1) is 28.5 Å². The molecule has 1 aliphatic rings. The molecule has 2 aromatic heterocycles. The molecule has 0 amide bonds. The number of thiophene rings is 1.